The molecule has 0 radical (unpaired) electrons. The van der Waals surface area contributed by atoms with Crippen LogP contribution in [0.15, 0.2) is 30.6 Å². The fourth-order valence-corrected chi connectivity index (χ4v) is 5.82. The molecule has 7 heteroatoms. The number of ether oxygens (including phenoxy) is 3. The number of amides is 1. The highest BCUT2D eigenvalue weighted by Gasteiger charge is 2.40. The average molecular weight is 590 g/mol. The Morgan fingerprint density at radius 3 is 1.95 bits per heavy atom. The van der Waals surface area contributed by atoms with E-state index in [1.54, 1.807) is 0 Å². The van der Waals surface area contributed by atoms with Gasteiger partial charge in [0.2, 0.25) is 0 Å². The minimum atomic E-state index is -1.17. The van der Waals surface area contributed by atoms with E-state index in [-0.39, 0.29) is 18.6 Å². The van der Waals surface area contributed by atoms with Crippen molar-refractivity contribution in [1.82, 2.24) is 5.32 Å². The minimum Gasteiger partial charge on any atom is -0.446 e. The Labute approximate surface area is 256 Å². The predicted octanol–water partition coefficient (Wildman–Crippen LogP) is 7.73. The third kappa shape index (κ3) is 16.0. The van der Waals surface area contributed by atoms with Crippen molar-refractivity contribution in [2.75, 3.05) is 26.9 Å². The molecular weight excluding hydrogens is 528 g/mol. The van der Waals surface area contributed by atoms with Crippen LogP contribution in [0.1, 0.15) is 129 Å². The lowest BCUT2D eigenvalue weighted by Gasteiger charge is -2.38. The number of aldehydes is 1. The van der Waals surface area contributed by atoms with Crippen molar-refractivity contribution in [3.8, 4) is 0 Å². The van der Waals surface area contributed by atoms with Crippen molar-refractivity contribution < 1.29 is 28.4 Å². The second-order valence-corrected chi connectivity index (χ2v) is 12.3. The van der Waals surface area contributed by atoms with Crippen LogP contribution < -0.4 is 9.88 Å². The first-order valence-electron chi connectivity index (χ1n) is 17.1. The monoisotopic (exact) mass is 589 g/mol. The van der Waals surface area contributed by atoms with Crippen molar-refractivity contribution in [1.29, 1.82) is 0 Å². The van der Waals surface area contributed by atoms with Crippen LogP contribution in [0.4, 0.5) is 4.79 Å². The lowest BCUT2D eigenvalue weighted by Crippen LogP contribution is -2.47. The highest BCUT2D eigenvalue weighted by molar-refractivity contribution is 5.68. The molecule has 2 rings (SSSR count). The number of methoxy groups -OCH3 is 1. The van der Waals surface area contributed by atoms with Gasteiger partial charge in [0.1, 0.15) is 13.2 Å². The molecule has 0 bridgehead atoms. The van der Waals surface area contributed by atoms with Gasteiger partial charge in [-0.3, -0.25) is 4.79 Å². The lowest BCUT2D eigenvalue weighted by molar-refractivity contribution is -0.698. The molecule has 0 saturated carbocycles. The van der Waals surface area contributed by atoms with E-state index in [1.165, 1.54) is 97.0 Å². The third-order valence-corrected chi connectivity index (χ3v) is 8.77. The zero-order chi connectivity index (χ0) is 30.1. The quantitative estimate of drug-likeness (QED) is 0.0645. The highest BCUT2D eigenvalue weighted by atomic mass is 16.6. The molecule has 2 heterocycles. The van der Waals surface area contributed by atoms with Gasteiger partial charge in [-0.05, 0) is 25.2 Å². The smallest absolute Gasteiger partial charge is 0.407 e. The Morgan fingerprint density at radius 1 is 0.929 bits per heavy atom. The normalized spacial score (nSPS) is 16.8. The number of nitrogens with one attached hydrogen (secondary N) is 1. The van der Waals surface area contributed by atoms with Crippen molar-refractivity contribution in [3.05, 3.63) is 30.6 Å². The molecular formula is C35H61N2O5+. The molecule has 1 amide bonds. The first kappa shape index (κ1) is 36.2. The first-order valence-corrected chi connectivity index (χ1v) is 17.1. The summed E-state index contributed by atoms with van der Waals surface area (Å²) in [6.45, 7) is 4.34. The molecule has 1 aliphatic heterocycles. The van der Waals surface area contributed by atoms with E-state index in [0.29, 0.717) is 13.0 Å². The largest absolute Gasteiger partial charge is 0.446 e. The molecule has 240 valence electrons. The Balaban J connectivity index is 1.51. The standard InChI is InChI=1S/C35H60N2O5/c1-3-4-5-6-7-8-9-10-11-12-13-14-15-16-17-19-24-36-34(39)42-31-35(30-38,40-2)29-32(33-23-28-41-33)22-27-37-25-20-18-21-26-37/h18,20-21,25-26,30,32-33H,3-17,19,22-24,27-29,31H2,1-2H3/p+1. The number of pyridine rings is 1. The predicted molar refractivity (Wildman–Crippen MR) is 168 cm³/mol. The van der Waals surface area contributed by atoms with E-state index < -0.39 is 11.7 Å². The maximum atomic E-state index is 12.3. The fourth-order valence-electron chi connectivity index (χ4n) is 5.82. The van der Waals surface area contributed by atoms with Crippen LogP contribution in [0, 0.1) is 5.92 Å². The van der Waals surface area contributed by atoms with Gasteiger partial charge in [-0.2, -0.15) is 0 Å². The zero-order valence-electron chi connectivity index (χ0n) is 26.9. The summed E-state index contributed by atoms with van der Waals surface area (Å²) >= 11 is 0. The van der Waals surface area contributed by atoms with Crippen LogP contribution in [-0.2, 0) is 25.5 Å². The van der Waals surface area contributed by atoms with Gasteiger partial charge >= 0.3 is 6.09 Å². The number of aromatic nitrogens is 1. The summed E-state index contributed by atoms with van der Waals surface area (Å²) in [5, 5.41) is 2.84. The number of alkyl carbamates (subject to hydrolysis) is 1. The highest BCUT2D eigenvalue weighted by Crippen LogP contribution is 2.31. The first-order chi connectivity index (χ1) is 20.6. The summed E-state index contributed by atoms with van der Waals surface area (Å²) in [5.74, 6) is 0.133. The molecule has 1 fully saturated rings. The maximum Gasteiger partial charge on any atom is 0.407 e. The number of unbranched alkanes of at least 4 members (excludes halogenated alkanes) is 15. The van der Waals surface area contributed by atoms with E-state index >= 15 is 0 Å². The van der Waals surface area contributed by atoms with Gasteiger partial charge in [-0.15, -0.1) is 0 Å². The topological polar surface area (TPSA) is 77.7 Å². The van der Waals surface area contributed by atoms with Crippen molar-refractivity contribution in [2.24, 2.45) is 5.92 Å². The number of aryl methyl sites for hydroxylation is 1. The van der Waals surface area contributed by atoms with E-state index in [1.807, 2.05) is 30.6 Å². The van der Waals surface area contributed by atoms with Gasteiger partial charge in [0.25, 0.3) is 0 Å². The van der Waals surface area contributed by atoms with Crippen molar-refractivity contribution in [3.63, 3.8) is 0 Å². The molecule has 42 heavy (non-hydrogen) atoms. The third-order valence-electron chi connectivity index (χ3n) is 8.77. The van der Waals surface area contributed by atoms with E-state index in [4.69, 9.17) is 14.2 Å². The average Bonchev–Trinajstić information content (AvgIpc) is 2.99. The molecule has 1 saturated heterocycles. The fraction of sp³-hybridized carbons (Fsp3) is 0.800. The summed E-state index contributed by atoms with van der Waals surface area (Å²) in [6.07, 6.45) is 27.9. The second kappa shape index (κ2) is 23.5. The Hall–Kier alpha value is -1.99. The molecule has 1 aromatic heterocycles. The van der Waals surface area contributed by atoms with Crippen LogP contribution in [-0.4, -0.2) is 51.0 Å². The zero-order valence-corrected chi connectivity index (χ0v) is 26.9. The van der Waals surface area contributed by atoms with E-state index in [9.17, 15) is 9.59 Å². The summed E-state index contributed by atoms with van der Waals surface area (Å²) in [7, 11) is 1.51. The SMILES string of the molecule is CCCCCCCCCCCCCCCCCCNC(=O)OCC(C=O)(CC(CC[n+]1ccccc1)C1CCO1)OC. The van der Waals surface area contributed by atoms with Crippen LogP contribution in [0.2, 0.25) is 0 Å². The minimum absolute atomic E-state index is 0.0977. The maximum absolute atomic E-state index is 12.3. The van der Waals surface area contributed by atoms with Gasteiger partial charge in [-0.1, -0.05) is 109 Å². The molecule has 1 aromatic rings. The Bertz CT molecular complexity index is 804. The Kier molecular flexibility index (Phi) is 20.2. The molecule has 1 aliphatic rings. The van der Waals surface area contributed by atoms with E-state index in [2.05, 4.69) is 16.8 Å². The second-order valence-electron chi connectivity index (χ2n) is 12.3. The van der Waals surface area contributed by atoms with Gasteiger partial charge in [0.15, 0.2) is 24.3 Å². The van der Waals surface area contributed by atoms with Gasteiger partial charge in [0, 0.05) is 38.8 Å². The molecule has 0 spiro atoms. The molecule has 0 aliphatic carbocycles. The summed E-state index contributed by atoms with van der Waals surface area (Å²) < 4.78 is 19.0. The number of hydrogen-bond acceptors (Lipinski definition) is 5. The molecule has 3 unspecified atom stereocenters. The number of carbonyl (C=O) groups is 2. The van der Waals surface area contributed by atoms with Crippen molar-refractivity contribution in [2.45, 2.75) is 147 Å². The number of hydrogen-bond donors (Lipinski definition) is 1. The number of rotatable bonds is 27. The van der Waals surface area contributed by atoms with Crippen LogP contribution in [0.5, 0.6) is 0 Å². The molecule has 0 aromatic carbocycles. The van der Waals surface area contributed by atoms with E-state index in [0.717, 1.165) is 45.1 Å². The summed E-state index contributed by atoms with van der Waals surface area (Å²) in [4.78, 5) is 24.5. The number of nitrogens with zero attached hydrogens (tertiary/aromatic N) is 1. The summed E-state index contributed by atoms with van der Waals surface area (Å²) in [6, 6.07) is 6.01. The molecule has 7 nitrogen and oxygen atoms in total. The van der Waals surface area contributed by atoms with Gasteiger partial charge in [-0.25, -0.2) is 9.36 Å². The van der Waals surface area contributed by atoms with Crippen LogP contribution in [0.25, 0.3) is 0 Å². The van der Waals surface area contributed by atoms with Gasteiger partial charge in [0.05, 0.1) is 6.10 Å². The lowest BCUT2D eigenvalue weighted by atomic mass is 9.83. The van der Waals surface area contributed by atoms with Gasteiger partial charge < -0.3 is 19.5 Å². The summed E-state index contributed by atoms with van der Waals surface area (Å²) in [5.41, 5.74) is -1.17. The molecule has 3 atom stereocenters. The number of carbonyl (C=O) groups excluding carboxylic acids is 2. The van der Waals surface area contributed by atoms with Crippen LogP contribution in [0.3, 0.4) is 0 Å². The molecule has 1 N–H and O–H groups in total. The van der Waals surface area contributed by atoms with Crippen LogP contribution >= 0.6 is 0 Å². The Morgan fingerprint density at radius 2 is 1.48 bits per heavy atom. The van der Waals surface area contributed by atoms with Crippen molar-refractivity contribution >= 4 is 12.4 Å².